The van der Waals surface area contributed by atoms with Crippen LogP contribution in [0.2, 0.25) is 0 Å². The number of rotatable bonds is 8. The van der Waals surface area contributed by atoms with Gasteiger partial charge < -0.3 is 18.9 Å². The maximum absolute atomic E-state index is 13.0. The highest BCUT2D eigenvalue weighted by molar-refractivity contribution is 6.06. The number of carbonyl (C=O) groups excluding carboxylic acids is 2. The molecule has 0 aliphatic carbocycles. The lowest BCUT2D eigenvalue weighted by atomic mass is 9.86. The van der Waals surface area contributed by atoms with Crippen molar-refractivity contribution in [3.05, 3.63) is 94.7 Å². The molecule has 1 heterocycles. The second-order valence-electron chi connectivity index (χ2n) is 10.4. The van der Waals surface area contributed by atoms with E-state index in [-0.39, 0.29) is 29.0 Å². The summed E-state index contributed by atoms with van der Waals surface area (Å²) in [6.07, 6.45) is 0. The molecule has 208 valence electrons. The highest BCUT2D eigenvalue weighted by Gasteiger charge is 2.31. The van der Waals surface area contributed by atoms with Crippen LogP contribution in [0.25, 0.3) is 16.9 Å². The van der Waals surface area contributed by atoms with Crippen molar-refractivity contribution in [2.45, 2.75) is 39.7 Å². The molecular formula is C32H34N2O6. The van der Waals surface area contributed by atoms with E-state index >= 15 is 0 Å². The Balaban J connectivity index is 1.84. The van der Waals surface area contributed by atoms with Crippen LogP contribution in [0, 0.1) is 6.92 Å². The summed E-state index contributed by atoms with van der Waals surface area (Å²) in [4.78, 5) is 26.0. The molecule has 4 aromatic rings. The fourth-order valence-corrected chi connectivity index (χ4v) is 4.52. The van der Waals surface area contributed by atoms with Gasteiger partial charge in [0, 0.05) is 11.1 Å². The predicted octanol–water partition coefficient (Wildman–Crippen LogP) is 6.31. The van der Waals surface area contributed by atoms with Gasteiger partial charge in [-0.3, -0.25) is 0 Å². The molecule has 1 aromatic heterocycles. The van der Waals surface area contributed by atoms with Gasteiger partial charge in [0.25, 0.3) is 0 Å². The Morgan fingerprint density at radius 1 is 0.850 bits per heavy atom. The Bertz CT molecular complexity index is 1530. The highest BCUT2D eigenvalue weighted by Crippen LogP contribution is 2.35. The Hall–Kier alpha value is -4.59. The molecule has 0 saturated carbocycles. The zero-order valence-electron chi connectivity index (χ0n) is 23.9. The van der Waals surface area contributed by atoms with E-state index in [1.165, 1.54) is 18.9 Å². The van der Waals surface area contributed by atoms with Gasteiger partial charge in [0.2, 0.25) is 0 Å². The Morgan fingerprint density at radius 3 is 2.17 bits per heavy atom. The summed E-state index contributed by atoms with van der Waals surface area (Å²) in [7, 11) is 4.10. The van der Waals surface area contributed by atoms with Crippen molar-refractivity contribution in [2.75, 3.05) is 21.3 Å². The third-order valence-corrected chi connectivity index (χ3v) is 6.54. The molecule has 0 fully saturated rings. The summed E-state index contributed by atoms with van der Waals surface area (Å²) in [6, 6.07) is 20.6. The zero-order valence-corrected chi connectivity index (χ0v) is 23.9. The molecule has 0 unspecified atom stereocenters. The van der Waals surface area contributed by atoms with Crippen molar-refractivity contribution in [1.82, 2.24) is 9.78 Å². The number of ether oxygens (including phenoxy) is 4. The first-order chi connectivity index (χ1) is 19.1. The number of aromatic nitrogens is 2. The number of esters is 2. The Labute approximate surface area is 234 Å². The number of hydrogen-bond donors (Lipinski definition) is 0. The van der Waals surface area contributed by atoms with Gasteiger partial charge in [-0.25, -0.2) is 14.3 Å². The van der Waals surface area contributed by atoms with E-state index in [1.807, 2.05) is 37.3 Å². The van der Waals surface area contributed by atoms with E-state index in [0.717, 1.165) is 22.4 Å². The maximum Gasteiger partial charge on any atom is 0.357 e. The Kier molecular flexibility index (Phi) is 8.28. The molecule has 3 aromatic carbocycles. The number of carbonyl (C=O) groups is 2. The smallest absolute Gasteiger partial charge is 0.357 e. The van der Waals surface area contributed by atoms with Gasteiger partial charge in [0.1, 0.15) is 29.4 Å². The highest BCUT2D eigenvalue weighted by atomic mass is 16.5. The number of aryl methyl sites for hydroxylation is 1. The predicted molar refractivity (Wildman–Crippen MR) is 152 cm³/mol. The fraction of sp³-hybridized carbons (Fsp3) is 0.281. The monoisotopic (exact) mass is 542 g/mol. The summed E-state index contributed by atoms with van der Waals surface area (Å²) < 4.78 is 23.5. The number of para-hydroxylation sites is 1. The van der Waals surface area contributed by atoms with Gasteiger partial charge in [-0.2, -0.15) is 5.10 Å². The summed E-state index contributed by atoms with van der Waals surface area (Å²) in [5, 5.41) is 4.69. The van der Waals surface area contributed by atoms with Crippen LogP contribution >= 0.6 is 0 Å². The largest absolute Gasteiger partial charge is 0.496 e. The van der Waals surface area contributed by atoms with Crippen LogP contribution in [-0.4, -0.2) is 43.0 Å². The lowest BCUT2D eigenvalue weighted by molar-refractivity contribution is 0.0549. The molecular weight excluding hydrogens is 508 g/mol. The fourth-order valence-electron chi connectivity index (χ4n) is 4.52. The molecule has 0 saturated heterocycles. The van der Waals surface area contributed by atoms with Crippen LogP contribution in [0.15, 0.2) is 66.7 Å². The lowest BCUT2D eigenvalue weighted by Crippen LogP contribution is -2.15. The van der Waals surface area contributed by atoms with Crippen LogP contribution < -0.4 is 9.47 Å². The first kappa shape index (κ1) is 28.4. The van der Waals surface area contributed by atoms with E-state index in [0.29, 0.717) is 17.0 Å². The van der Waals surface area contributed by atoms with E-state index in [2.05, 4.69) is 32.9 Å². The van der Waals surface area contributed by atoms with Gasteiger partial charge in [0.15, 0.2) is 5.69 Å². The molecule has 0 aliphatic heterocycles. The molecule has 40 heavy (non-hydrogen) atoms. The van der Waals surface area contributed by atoms with E-state index in [1.54, 1.807) is 31.4 Å². The van der Waals surface area contributed by atoms with Crippen LogP contribution in [0.5, 0.6) is 11.5 Å². The van der Waals surface area contributed by atoms with Crippen molar-refractivity contribution in [3.63, 3.8) is 0 Å². The summed E-state index contributed by atoms with van der Waals surface area (Å²) in [5.74, 6) is -0.0180. The van der Waals surface area contributed by atoms with Crippen molar-refractivity contribution >= 4 is 11.9 Å². The minimum absolute atomic E-state index is 0.00365. The number of hydrogen-bond acceptors (Lipinski definition) is 7. The number of benzene rings is 3. The van der Waals surface area contributed by atoms with Crippen molar-refractivity contribution in [1.29, 1.82) is 0 Å². The minimum Gasteiger partial charge on any atom is -0.496 e. The standard InChI is InChI=1S/C32H34N2O6/c1-20-13-15-24(32(2,3)4)26(17-20)40-19-22-18-21(14-16-25(22)37-5)28-27(30(35)38-6)29(31(36)39-7)34(33-28)23-11-9-8-10-12-23/h8-18H,19H2,1-7H3. The molecule has 8 heteroatoms. The average molecular weight is 543 g/mol. The lowest BCUT2D eigenvalue weighted by Gasteiger charge is -2.23. The second kappa shape index (κ2) is 11.7. The van der Waals surface area contributed by atoms with Gasteiger partial charge in [-0.1, -0.05) is 51.1 Å². The van der Waals surface area contributed by atoms with Crippen molar-refractivity contribution in [3.8, 4) is 28.4 Å². The third-order valence-electron chi connectivity index (χ3n) is 6.54. The van der Waals surface area contributed by atoms with Gasteiger partial charge >= 0.3 is 11.9 Å². The van der Waals surface area contributed by atoms with Crippen molar-refractivity contribution in [2.24, 2.45) is 0 Å². The van der Waals surface area contributed by atoms with Crippen LogP contribution in [-0.2, 0) is 21.5 Å². The van der Waals surface area contributed by atoms with Gasteiger partial charge in [-0.05, 0) is 59.9 Å². The van der Waals surface area contributed by atoms with Gasteiger partial charge in [0.05, 0.1) is 27.0 Å². The normalized spacial score (nSPS) is 11.2. The van der Waals surface area contributed by atoms with E-state index in [9.17, 15) is 9.59 Å². The van der Waals surface area contributed by atoms with Crippen LogP contribution in [0.3, 0.4) is 0 Å². The molecule has 0 spiro atoms. The second-order valence-corrected chi connectivity index (χ2v) is 10.4. The summed E-state index contributed by atoms with van der Waals surface area (Å²) in [5.41, 5.74) is 4.22. The molecule has 0 N–H and O–H groups in total. The quantitative estimate of drug-likeness (QED) is 0.241. The molecule has 8 nitrogen and oxygen atoms in total. The van der Waals surface area contributed by atoms with Crippen molar-refractivity contribution < 1.29 is 28.5 Å². The number of nitrogens with zero attached hydrogens (tertiary/aromatic N) is 2. The maximum atomic E-state index is 13.0. The van der Waals surface area contributed by atoms with Crippen LogP contribution in [0.1, 0.15) is 58.3 Å². The summed E-state index contributed by atoms with van der Waals surface area (Å²) >= 11 is 0. The molecule has 0 bridgehead atoms. The average Bonchev–Trinajstić information content (AvgIpc) is 3.35. The third kappa shape index (κ3) is 5.71. The minimum atomic E-state index is -0.714. The summed E-state index contributed by atoms with van der Waals surface area (Å²) in [6.45, 7) is 8.66. The van der Waals surface area contributed by atoms with E-state index < -0.39 is 11.9 Å². The molecule has 4 rings (SSSR count). The Morgan fingerprint density at radius 2 is 1.55 bits per heavy atom. The first-order valence-electron chi connectivity index (χ1n) is 12.8. The topological polar surface area (TPSA) is 88.9 Å². The molecule has 0 aliphatic rings. The number of methoxy groups -OCH3 is 3. The zero-order chi connectivity index (χ0) is 29.0. The van der Waals surface area contributed by atoms with E-state index in [4.69, 9.17) is 24.0 Å². The van der Waals surface area contributed by atoms with Crippen LogP contribution in [0.4, 0.5) is 0 Å². The SMILES string of the molecule is COC(=O)c1c(-c2ccc(OC)c(COc3cc(C)ccc3C(C)(C)C)c2)nn(-c2ccccc2)c1C(=O)OC. The molecule has 0 radical (unpaired) electrons. The molecule has 0 amide bonds. The van der Waals surface area contributed by atoms with Gasteiger partial charge in [-0.15, -0.1) is 0 Å². The first-order valence-corrected chi connectivity index (χ1v) is 12.8. The molecule has 0 atom stereocenters.